The average molecular weight is 393 g/mol. The molecule has 1 amide bonds. The summed E-state index contributed by atoms with van der Waals surface area (Å²) in [6, 6.07) is 9.19. The predicted octanol–water partition coefficient (Wildman–Crippen LogP) is 4.70. The van der Waals surface area contributed by atoms with Crippen molar-refractivity contribution in [2.45, 2.75) is 6.92 Å². The van der Waals surface area contributed by atoms with Gasteiger partial charge in [-0.1, -0.05) is 11.3 Å². The number of halogens is 1. The molecule has 3 aromatic rings. The van der Waals surface area contributed by atoms with Gasteiger partial charge in [-0.15, -0.1) is 0 Å². The molecule has 0 fully saturated rings. The molecular formula is C16H13BrN2O3S. The van der Waals surface area contributed by atoms with Crippen LogP contribution in [0.5, 0.6) is 5.75 Å². The SMILES string of the molecule is CCOc1ccc2nc(NC(=O)C=Cc3ccc(Br)o3)sc2c1. The van der Waals surface area contributed by atoms with Crippen molar-refractivity contribution in [2.24, 2.45) is 0 Å². The smallest absolute Gasteiger partial charge is 0.250 e. The van der Waals surface area contributed by atoms with Crippen LogP contribution in [0.15, 0.2) is 45.5 Å². The number of furan rings is 1. The second kappa shape index (κ2) is 6.97. The summed E-state index contributed by atoms with van der Waals surface area (Å²) in [5.41, 5.74) is 0.827. The first-order valence-corrected chi connectivity index (χ1v) is 8.53. The number of anilines is 1. The molecule has 3 rings (SSSR count). The average Bonchev–Trinajstić information content (AvgIpc) is 3.10. The number of hydrogen-bond acceptors (Lipinski definition) is 5. The third-order valence-corrected chi connectivity index (χ3v) is 4.25. The lowest BCUT2D eigenvalue weighted by Crippen LogP contribution is -2.07. The summed E-state index contributed by atoms with van der Waals surface area (Å²) in [5, 5.41) is 3.29. The second-order valence-corrected chi connectivity index (χ2v) is 6.36. The van der Waals surface area contributed by atoms with Crippen LogP contribution in [0.2, 0.25) is 0 Å². The second-order valence-electron chi connectivity index (χ2n) is 4.55. The van der Waals surface area contributed by atoms with E-state index in [1.54, 1.807) is 18.2 Å². The van der Waals surface area contributed by atoms with Crippen LogP contribution < -0.4 is 10.1 Å². The zero-order chi connectivity index (χ0) is 16.2. The Labute approximate surface area is 145 Å². The van der Waals surface area contributed by atoms with Gasteiger partial charge in [0.1, 0.15) is 11.5 Å². The molecule has 0 radical (unpaired) electrons. The van der Waals surface area contributed by atoms with E-state index in [0.29, 0.717) is 22.2 Å². The topological polar surface area (TPSA) is 64.4 Å². The quantitative estimate of drug-likeness (QED) is 0.638. The third-order valence-electron chi connectivity index (χ3n) is 2.89. The lowest BCUT2D eigenvalue weighted by atomic mass is 10.3. The Morgan fingerprint density at radius 1 is 1.43 bits per heavy atom. The first-order valence-electron chi connectivity index (χ1n) is 6.92. The number of hydrogen-bond donors (Lipinski definition) is 1. The number of carbonyl (C=O) groups excluding carboxylic acids is 1. The fraction of sp³-hybridized carbons (Fsp3) is 0.125. The van der Waals surface area contributed by atoms with Gasteiger partial charge >= 0.3 is 0 Å². The van der Waals surface area contributed by atoms with Crippen LogP contribution in [0.3, 0.4) is 0 Å². The lowest BCUT2D eigenvalue weighted by molar-refractivity contribution is -0.111. The number of carbonyl (C=O) groups is 1. The van der Waals surface area contributed by atoms with Crippen LogP contribution in [0, 0.1) is 0 Å². The van der Waals surface area contributed by atoms with E-state index in [1.165, 1.54) is 17.4 Å². The molecule has 0 unspecified atom stereocenters. The molecule has 0 aliphatic rings. The molecule has 2 heterocycles. The Bertz CT molecular complexity index is 869. The van der Waals surface area contributed by atoms with Gasteiger partial charge in [0, 0.05) is 6.08 Å². The number of amides is 1. The van der Waals surface area contributed by atoms with Gasteiger partial charge in [-0.2, -0.15) is 0 Å². The summed E-state index contributed by atoms with van der Waals surface area (Å²) in [5.74, 6) is 1.13. The van der Waals surface area contributed by atoms with Crippen molar-refractivity contribution in [3.63, 3.8) is 0 Å². The van der Waals surface area contributed by atoms with Gasteiger partial charge in [-0.05, 0) is 59.3 Å². The molecule has 0 aliphatic heterocycles. The zero-order valence-electron chi connectivity index (χ0n) is 12.2. The number of aromatic nitrogens is 1. The highest BCUT2D eigenvalue weighted by Crippen LogP contribution is 2.29. The van der Waals surface area contributed by atoms with Gasteiger partial charge in [0.2, 0.25) is 5.91 Å². The van der Waals surface area contributed by atoms with Crippen LogP contribution in [0.4, 0.5) is 5.13 Å². The maximum atomic E-state index is 11.9. The molecule has 0 saturated heterocycles. The van der Waals surface area contributed by atoms with E-state index in [4.69, 9.17) is 9.15 Å². The Morgan fingerprint density at radius 2 is 2.30 bits per heavy atom. The summed E-state index contributed by atoms with van der Waals surface area (Å²) in [6.07, 6.45) is 3.00. The molecule has 5 nitrogen and oxygen atoms in total. The standard InChI is InChI=1S/C16H13BrN2O3S/c1-2-21-11-3-6-12-13(9-11)23-16(18-12)19-15(20)8-5-10-4-7-14(17)22-10/h3-9H,2H2,1H3,(H,18,19,20). The Kier molecular flexibility index (Phi) is 4.78. The summed E-state index contributed by atoms with van der Waals surface area (Å²) in [6.45, 7) is 2.55. The van der Waals surface area contributed by atoms with E-state index in [0.717, 1.165) is 16.0 Å². The van der Waals surface area contributed by atoms with Gasteiger partial charge in [-0.3, -0.25) is 10.1 Å². The minimum absolute atomic E-state index is 0.262. The van der Waals surface area contributed by atoms with E-state index in [-0.39, 0.29) is 5.91 Å². The summed E-state index contributed by atoms with van der Waals surface area (Å²) >= 11 is 4.61. The van der Waals surface area contributed by atoms with Crippen molar-refractivity contribution in [2.75, 3.05) is 11.9 Å². The number of benzene rings is 1. The summed E-state index contributed by atoms with van der Waals surface area (Å²) in [7, 11) is 0. The van der Waals surface area contributed by atoms with E-state index >= 15 is 0 Å². The van der Waals surface area contributed by atoms with Crippen LogP contribution in [0.1, 0.15) is 12.7 Å². The van der Waals surface area contributed by atoms with E-state index in [1.807, 2.05) is 25.1 Å². The molecule has 0 aliphatic carbocycles. The minimum atomic E-state index is -0.262. The van der Waals surface area contributed by atoms with Crippen molar-refractivity contribution in [3.8, 4) is 5.75 Å². The molecule has 2 aromatic heterocycles. The normalized spacial score (nSPS) is 11.2. The minimum Gasteiger partial charge on any atom is -0.494 e. The zero-order valence-corrected chi connectivity index (χ0v) is 14.6. The molecular weight excluding hydrogens is 380 g/mol. The lowest BCUT2D eigenvalue weighted by Gasteiger charge is -2.00. The van der Waals surface area contributed by atoms with Crippen LogP contribution >= 0.6 is 27.3 Å². The number of nitrogens with zero attached hydrogens (tertiary/aromatic N) is 1. The highest BCUT2D eigenvalue weighted by atomic mass is 79.9. The van der Waals surface area contributed by atoms with E-state index < -0.39 is 0 Å². The maximum Gasteiger partial charge on any atom is 0.250 e. The molecule has 0 atom stereocenters. The predicted molar refractivity (Wildman–Crippen MR) is 94.9 cm³/mol. The van der Waals surface area contributed by atoms with Crippen molar-refractivity contribution in [1.29, 1.82) is 0 Å². The Hall–Kier alpha value is -2.12. The number of rotatable bonds is 5. The molecule has 118 valence electrons. The first-order chi connectivity index (χ1) is 11.1. The van der Waals surface area contributed by atoms with Crippen molar-refractivity contribution < 1.29 is 13.9 Å². The van der Waals surface area contributed by atoms with Crippen LogP contribution in [-0.2, 0) is 4.79 Å². The molecule has 0 bridgehead atoms. The van der Waals surface area contributed by atoms with Gasteiger partial charge in [0.25, 0.3) is 0 Å². The van der Waals surface area contributed by atoms with Gasteiger partial charge in [0.15, 0.2) is 9.80 Å². The Morgan fingerprint density at radius 3 is 3.04 bits per heavy atom. The molecule has 7 heteroatoms. The molecule has 1 aromatic carbocycles. The number of ether oxygens (including phenoxy) is 1. The Balaban J connectivity index is 1.70. The molecule has 1 N–H and O–H groups in total. The fourth-order valence-corrected chi connectivity index (χ4v) is 3.15. The summed E-state index contributed by atoms with van der Waals surface area (Å²) < 4.78 is 12.3. The van der Waals surface area contributed by atoms with Gasteiger partial charge in [-0.25, -0.2) is 4.98 Å². The van der Waals surface area contributed by atoms with E-state index in [2.05, 4.69) is 26.2 Å². The highest BCUT2D eigenvalue weighted by Gasteiger charge is 2.07. The highest BCUT2D eigenvalue weighted by molar-refractivity contribution is 9.10. The van der Waals surface area contributed by atoms with Crippen LogP contribution in [-0.4, -0.2) is 17.5 Å². The number of fused-ring (bicyclic) bond motifs is 1. The van der Waals surface area contributed by atoms with Gasteiger partial charge in [0.05, 0.1) is 16.8 Å². The fourth-order valence-electron chi connectivity index (χ4n) is 1.94. The van der Waals surface area contributed by atoms with Crippen molar-refractivity contribution in [3.05, 3.63) is 46.8 Å². The number of nitrogens with one attached hydrogen (secondary N) is 1. The number of thiazole rings is 1. The van der Waals surface area contributed by atoms with E-state index in [9.17, 15) is 4.79 Å². The van der Waals surface area contributed by atoms with Gasteiger partial charge < -0.3 is 9.15 Å². The largest absolute Gasteiger partial charge is 0.494 e. The van der Waals surface area contributed by atoms with Crippen molar-refractivity contribution >= 4 is 54.6 Å². The first kappa shape index (κ1) is 15.8. The molecule has 0 spiro atoms. The maximum absolute atomic E-state index is 11.9. The molecule has 0 saturated carbocycles. The monoisotopic (exact) mass is 392 g/mol. The molecule has 23 heavy (non-hydrogen) atoms. The third kappa shape index (κ3) is 4.00. The van der Waals surface area contributed by atoms with Crippen LogP contribution in [0.25, 0.3) is 16.3 Å². The van der Waals surface area contributed by atoms with Crippen molar-refractivity contribution in [1.82, 2.24) is 4.98 Å². The summed E-state index contributed by atoms with van der Waals surface area (Å²) in [4.78, 5) is 16.3.